The number of hydrazone groups is 1. The van der Waals surface area contributed by atoms with Gasteiger partial charge < -0.3 is 0 Å². The summed E-state index contributed by atoms with van der Waals surface area (Å²) in [6.07, 6.45) is 2.49. The van der Waals surface area contributed by atoms with E-state index in [0.29, 0.717) is 6.42 Å². The summed E-state index contributed by atoms with van der Waals surface area (Å²) in [4.78, 5) is 4.39. The molecule has 0 amide bonds. The Hall–Kier alpha value is -2.94. The Morgan fingerprint density at radius 3 is 2.18 bits per heavy atom. The van der Waals surface area contributed by atoms with Gasteiger partial charge in [0.15, 0.2) is 0 Å². The van der Waals surface area contributed by atoms with Crippen LogP contribution < -0.4 is 5.43 Å². The molecule has 0 aliphatic rings. The highest BCUT2D eigenvalue weighted by molar-refractivity contribution is 6.02. The third-order valence-electron chi connectivity index (χ3n) is 3.28. The third-order valence-corrected chi connectivity index (χ3v) is 3.28. The van der Waals surface area contributed by atoms with Gasteiger partial charge in [0.2, 0.25) is 0 Å². The number of pyridine rings is 1. The molecule has 3 rings (SSSR count). The molecule has 0 unspecified atom stereocenters. The van der Waals surface area contributed by atoms with Crippen LogP contribution in [0.15, 0.2) is 90.2 Å². The van der Waals surface area contributed by atoms with Gasteiger partial charge in [0.1, 0.15) is 0 Å². The summed E-state index contributed by atoms with van der Waals surface area (Å²) in [6.45, 7) is 0. The molecule has 0 spiro atoms. The van der Waals surface area contributed by atoms with Gasteiger partial charge in [-0.3, -0.25) is 10.4 Å². The lowest BCUT2D eigenvalue weighted by Gasteiger charge is -2.08. The molecule has 22 heavy (non-hydrogen) atoms. The lowest BCUT2D eigenvalue weighted by molar-refractivity contribution is 1.13. The Morgan fingerprint density at radius 1 is 0.818 bits per heavy atom. The Morgan fingerprint density at radius 2 is 1.50 bits per heavy atom. The topological polar surface area (TPSA) is 37.3 Å². The second-order valence-corrected chi connectivity index (χ2v) is 4.90. The highest BCUT2D eigenvalue weighted by Crippen LogP contribution is 2.10. The molecule has 108 valence electrons. The van der Waals surface area contributed by atoms with E-state index in [1.54, 1.807) is 0 Å². The molecular formula is C19H17N3. The molecule has 1 N–H and O–H groups in total. The van der Waals surface area contributed by atoms with E-state index in [-0.39, 0.29) is 0 Å². The summed E-state index contributed by atoms with van der Waals surface area (Å²) in [5, 5.41) is 4.59. The van der Waals surface area contributed by atoms with E-state index in [0.717, 1.165) is 22.7 Å². The maximum atomic E-state index is 4.59. The van der Waals surface area contributed by atoms with Gasteiger partial charge in [-0.25, -0.2) is 0 Å². The van der Waals surface area contributed by atoms with E-state index in [1.165, 1.54) is 0 Å². The van der Waals surface area contributed by atoms with Crippen molar-refractivity contribution in [1.82, 2.24) is 4.98 Å². The zero-order valence-electron chi connectivity index (χ0n) is 12.2. The van der Waals surface area contributed by atoms with Crippen molar-refractivity contribution in [2.45, 2.75) is 6.42 Å². The minimum absolute atomic E-state index is 0.685. The lowest BCUT2D eigenvalue weighted by Crippen LogP contribution is -2.09. The van der Waals surface area contributed by atoms with Crippen molar-refractivity contribution < 1.29 is 0 Å². The summed E-state index contributed by atoms with van der Waals surface area (Å²) in [5.41, 5.74) is 7.15. The smallest absolute Gasteiger partial charge is 0.0738 e. The van der Waals surface area contributed by atoms with Gasteiger partial charge in [-0.2, -0.15) is 5.10 Å². The first kappa shape index (κ1) is 14.0. The Labute approximate surface area is 130 Å². The first-order valence-corrected chi connectivity index (χ1v) is 7.25. The Balaban J connectivity index is 1.86. The van der Waals surface area contributed by atoms with Crippen LogP contribution in [-0.2, 0) is 6.42 Å². The fourth-order valence-corrected chi connectivity index (χ4v) is 2.16. The number of hydrogen-bond donors (Lipinski definition) is 1. The quantitative estimate of drug-likeness (QED) is 0.565. The molecule has 0 bridgehead atoms. The molecule has 0 saturated heterocycles. The predicted molar refractivity (Wildman–Crippen MR) is 91.0 cm³/mol. The van der Waals surface area contributed by atoms with Crippen LogP contribution in [0.4, 0.5) is 5.69 Å². The van der Waals surface area contributed by atoms with E-state index in [4.69, 9.17) is 0 Å². The van der Waals surface area contributed by atoms with Gasteiger partial charge >= 0.3 is 0 Å². The van der Waals surface area contributed by atoms with Crippen LogP contribution in [0, 0.1) is 0 Å². The average molecular weight is 287 g/mol. The number of anilines is 1. The van der Waals surface area contributed by atoms with Crippen molar-refractivity contribution in [3.05, 3.63) is 96.3 Å². The van der Waals surface area contributed by atoms with Crippen molar-refractivity contribution >= 4 is 11.4 Å². The maximum absolute atomic E-state index is 4.59. The number of nitrogens with zero attached hydrogens (tertiary/aromatic N) is 2. The molecule has 0 radical (unpaired) electrons. The minimum atomic E-state index is 0.685. The van der Waals surface area contributed by atoms with Crippen LogP contribution in [0.3, 0.4) is 0 Å². The van der Waals surface area contributed by atoms with E-state index >= 15 is 0 Å². The SMILES string of the molecule is c1ccc(N/N=C(/Cc2ccccn2)c2ccccc2)cc1. The molecule has 0 saturated carbocycles. The van der Waals surface area contributed by atoms with Gasteiger partial charge in [-0.05, 0) is 29.8 Å². The highest BCUT2D eigenvalue weighted by atomic mass is 15.3. The zero-order chi connectivity index (χ0) is 15.0. The standard InChI is InChI=1S/C19H17N3/c1-3-9-16(10-4-1)19(15-18-13-7-8-14-20-18)22-21-17-11-5-2-6-12-17/h1-14,21H,15H2/b22-19-. The van der Waals surface area contributed by atoms with Crippen molar-refractivity contribution in [3.63, 3.8) is 0 Å². The second kappa shape index (κ2) is 7.18. The van der Waals surface area contributed by atoms with Crippen molar-refractivity contribution in [2.75, 3.05) is 5.43 Å². The van der Waals surface area contributed by atoms with Crippen LogP contribution in [0.25, 0.3) is 0 Å². The molecule has 3 nitrogen and oxygen atoms in total. The minimum Gasteiger partial charge on any atom is -0.278 e. The molecule has 3 aromatic rings. The normalized spacial score (nSPS) is 11.2. The number of rotatable bonds is 5. The number of hydrogen-bond acceptors (Lipinski definition) is 3. The van der Waals surface area contributed by atoms with Crippen LogP contribution >= 0.6 is 0 Å². The molecule has 2 aromatic carbocycles. The van der Waals surface area contributed by atoms with Crippen LogP contribution in [0.2, 0.25) is 0 Å². The summed E-state index contributed by atoms with van der Waals surface area (Å²) >= 11 is 0. The summed E-state index contributed by atoms with van der Waals surface area (Å²) in [7, 11) is 0. The maximum Gasteiger partial charge on any atom is 0.0738 e. The highest BCUT2D eigenvalue weighted by Gasteiger charge is 2.06. The third kappa shape index (κ3) is 3.79. The van der Waals surface area contributed by atoms with E-state index in [9.17, 15) is 0 Å². The molecule has 1 aromatic heterocycles. The lowest BCUT2D eigenvalue weighted by atomic mass is 10.1. The first-order valence-electron chi connectivity index (χ1n) is 7.25. The van der Waals surface area contributed by atoms with Gasteiger partial charge in [-0.15, -0.1) is 0 Å². The van der Waals surface area contributed by atoms with Gasteiger partial charge in [0, 0.05) is 18.3 Å². The molecule has 0 fully saturated rings. The first-order chi connectivity index (χ1) is 10.9. The molecule has 3 heteroatoms. The fourth-order valence-electron chi connectivity index (χ4n) is 2.16. The number of benzene rings is 2. The van der Waals surface area contributed by atoms with Crippen LogP contribution in [0.1, 0.15) is 11.3 Å². The van der Waals surface area contributed by atoms with E-state index < -0.39 is 0 Å². The number of para-hydroxylation sites is 1. The monoisotopic (exact) mass is 287 g/mol. The Bertz CT molecular complexity index is 722. The van der Waals surface area contributed by atoms with Gasteiger partial charge in [0.05, 0.1) is 11.4 Å². The van der Waals surface area contributed by atoms with Crippen molar-refractivity contribution in [1.29, 1.82) is 0 Å². The molecule has 0 aliphatic carbocycles. The predicted octanol–water partition coefficient (Wildman–Crippen LogP) is 4.14. The van der Waals surface area contributed by atoms with Crippen molar-refractivity contribution in [3.8, 4) is 0 Å². The van der Waals surface area contributed by atoms with Gasteiger partial charge in [0.25, 0.3) is 0 Å². The average Bonchev–Trinajstić information content (AvgIpc) is 2.61. The molecular weight excluding hydrogens is 270 g/mol. The number of aromatic nitrogens is 1. The molecule has 0 atom stereocenters. The Kier molecular flexibility index (Phi) is 4.57. The van der Waals surface area contributed by atoms with Crippen LogP contribution in [0.5, 0.6) is 0 Å². The van der Waals surface area contributed by atoms with E-state index in [2.05, 4.69) is 27.6 Å². The van der Waals surface area contributed by atoms with E-state index in [1.807, 2.05) is 72.9 Å². The van der Waals surface area contributed by atoms with Crippen molar-refractivity contribution in [2.24, 2.45) is 5.10 Å². The molecule has 0 aliphatic heterocycles. The number of nitrogens with one attached hydrogen (secondary N) is 1. The molecule has 1 heterocycles. The summed E-state index contributed by atoms with van der Waals surface area (Å²) in [6, 6.07) is 26.0. The largest absolute Gasteiger partial charge is 0.278 e. The second-order valence-electron chi connectivity index (χ2n) is 4.90. The summed E-state index contributed by atoms with van der Waals surface area (Å²) in [5.74, 6) is 0. The fraction of sp³-hybridized carbons (Fsp3) is 0.0526. The summed E-state index contributed by atoms with van der Waals surface area (Å²) < 4.78 is 0. The van der Waals surface area contributed by atoms with Crippen LogP contribution in [-0.4, -0.2) is 10.7 Å². The zero-order valence-corrected chi connectivity index (χ0v) is 12.2. The van der Waals surface area contributed by atoms with Gasteiger partial charge in [-0.1, -0.05) is 54.6 Å².